The second-order valence-electron chi connectivity index (χ2n) is 6.79. The Morgan fingerprint density at radius 3 is 2.69 bits per heavy atom. The van der Waals surface area contributed by atoms with Gasteiger partial charge in [-0.05, 0) is 35.4 Å². The van der Waals surface area contributed by atoms with Crippen LogP contribution in [0, 0.1) is 0 Å². The highest BCUT2D eigenvalue weighted by Crippen LogP contribution is 2.29. The summed E-state index contributed by atoms with van der Waals surface area (Å²) < 4.78 is 16.3. The Morgan fingerprint density at radius 1 is 0.966 bits per heavy atom. The van der Waals surface area contributed by atoms with Crippen LogP contribution in [-0.2, 0) is 29.2 Å². The third-order valence-electron chi connectivity index (χ3n) is 4.82. The van der Waals surface area contributed by atoms with Crippen molar-refractivity contribution in [3.63, 3.8) is 0 Å². The van der Waals surface area contributed by atoms with Crippen LogP contribution in [0.4, 0.5) is 0 Å². The van der Waals surface area contributed by atoms with Gasteiger partial charge in [0.05, 0.1) is 19.1 Å². The zero-order chi connectivity index (χ0) is 20.2. The van der Waals surface area contributed by atoms with Gasteiger partial charge in [-0.15, -0.1) is 0 Å². The SMILES string of the molecule is COc1cccc(COC(=O)Cc2ccc3c(c2)C(=O)c2ccccc2CO3)c1. The van der Waals surface area contributed by atoms with Gasteiger partial charge in [0.15, 0.2) is 5.78 Å². The van der Waals surface area contributed by atoms with Crippen LogP contribution in [0.3, 0.4) is 0 Å². The van der Waals surface area contributed by atoms with Crippen molar-refractivity contribution < 1.29 is 23.8 Å². The van der Waals surface area contributed by atoms with E-state index in [9.17, 15) is 9.59 Å². The maximum atomic E-state index is 12.9. The summed E-state index contributed by atoms with van der Waals surface area (Å²) in [5, 5.41) is 0. The fraction of sp³-hybridized carbons (Fsp3) is 0.167. The summed E-state index contributed by atoms with van der Waals surface area (Å²) in [5.41, 5.74) is 3.50. The van der Waals surface area contributed by atoms with Crippen molar-refractivity contribution in [1.29, 1.82) is 0 Å². The van der Waals surface area contributed by atoms with E-state index in [-0.39, 0.29) is 24.8 Å². The monoisotopic (exact) mass is 388 g/mol. The molecule has 5 heteroatoms. The van der Waals surface area contributed by atoms with Gasteiger partial charge in [0.1, 0.15) is 24.7 Å². The number of ketones is 1. The van der Waals surface area contributed by atoms with Gasteiger partial charge in [0, 0.05) is 11.1 Å². The van der Waals surface area contributed by atoms with Gasteiger partial charge in [0.25, 0.3) is 0 Å². The lowest BCUT2D eigenvalue weighted by Crippen LogP contribution is -2.09. The van der Waals surface area contributed by atoms with Crippen molar-refractivity contribution in [2.24, 2.45) is 0 Å². The van der Waals surface area contributed by atoms with E-state index < -0.39 is 0 Å². The van der Waals surface area contributed by atoms with Crippen LogP contribution in [0.15, 0.2) is 66.7 Å². The Bertz CT molecular complexity index is 1070. The van der Waals surface area contributed by atoms with Crippen LogP contribution in [0.25, 0.3) is 0 Å². The number of carbonyl (C=O) groups is 2. The van der Waals surface area contributed by atoms with Crippen molar-refractivity contribution in [3.05, 3.63) is 94.5 Å². The molecule has 1 heterocycles. The van der Waals surface area contributed by atoms with E-state index in [1.165, 1.54) is 0 Å². The summed E-state index contributed by atoms with van der Waals surface area (Å²) in [6, 6.07) is 20.0. The van der Waals surface area contributed by atoms with Gasteiger partial charge < -0.3 is 14.2 Å². The van der Waals surface area contributed by atoms with Crippen molar-refractivity contribution in [2.75, 3.05) is 7.11 Å². The fourth-order valence-corrected chi connectivity index (χ4v) is 3.30. The molecule has 4 rings (SSSR count). The number of carbonyl (C=O) groups excluding carboxylic acids is 2. The lowest BCUT2D eigenvalue weighted by molar-refractivity contribution is -0.144. The van der Waals surface area contributed by atoms with Crippen LogP contribution in [0.2, 0.25) is 0 Å². The quantitative estimate of drug-likeness (QED) is 0.616. The van der Waals surface area contributed by atoms with E-state index in [2.05, 4.69) is 0 Å². The molecule has 0 aromatic heterocycles. The van der Waals surface area contributed by atoms with E-state index in [1.807, 2.05) is 42.5 Å². The minimum absolute atomic E-state index is 0.0756. The molecule has 0 atom stereocenters. The predicted octanol–water partition coefficient (Wildman–Crippen LogP) is 4.10. The molecule has 1 aliphatic rings. The van der Waals surface area contributed by atoms with Crippen molar-refractivity contribution in [1.82, 2.24) is 0 Å². The van der Waals surface area contributed by atoms with Crippen LogP contribution in [-0.4, -0.2) is 18.9 Å². The van der Waals surface area contributed by atoms with E-state index in [1.54, 1.807) is 31.4 Å². The average molecular weight is 388 g/mol. The fourth-order valence-electron chi connectivity index (χ4n) is 3.30. The van der Waals surface area contributed by atoms with Crippen LogP contribution >= 0.6 is 0 Å². The number of ether oxygens (including phenoxy) is 3. The van der Waals surface area contributed by atoms with Crippen LogP contribution < -0.4 is 9.47 Å². The number of fused-ring (bicyclic) bond motifs is 2. The van der Waals surface area contributed by atoms with Crippen LogP contribution in [0.5, 0.6) is 11.5 Å². The topological polar surface area (TPSA) is 61.8 Å². The van der Waals surface area contributed by atoms with Crippen molar-refractivity contribution in [3.8, 4) is 11.5 Å². The van der Waals surface area contributed by atoms with Crippen molar-refractivity contribution in [2.45, 2.75) is 19.6 Å². The third kappa shape index (κ3) is 4.14. The first kappa shape index (κ1) is 18.7. The third-order valence-corrected chi connectivity index (χ3v) is 4.82. The van der Waals surface area contributed by atoms with Gasteiger partial charge in [-0.3, -0.25) is 9.59 Å². The first-order valence-electron chi connectivity index (χ1n) is 9.31. The molecule has 3 aromatic rings. The Morgan fingerprint density at radius 2 is 1.83 bits per heavy atom. The summed E-state index contributed by atoms with van der Waals surface area (Å²) in [5.74, 6) is 0.776. The molecule has 146 valence electrons. The van der Waals surface area contributed by atoms with Crippen LogP contribution in [0.1, 0.15) is 32.6 Å². The smallest absolute Gasteiger partial charge is 0.310 e. The number of hydrogen-bond donors (Lipinski definition) is 0. The molecule has 1 aliphatic heterocycles. The minimum Gasteiger partial charge on any atom is -0.497 e. The molecule has 5 nitrogen and oxygen atoms in total. The molecule has 0 aliphatic carbocycles. The Kier molecular flexibility index (Phi) is 5.29. The van der Waals surface area contributed by atoms with E-state index in [0.29, 0.717) is 34.8 Å². The molecule has 0 bridgehead atoms. The Balaban J connectivity index is 1.47. The van der Waals surface area contributed by atoms with Gasteiger partial charge >= 0.3 is 5.97 Å². The molecular weight excluding hydrogens is 368 g/mol. The highest BCUT2D eigenvalue weighted by atomic mass is 16.5. The summed E-state index contributed by atoms with van der Waals surface area (Å²) in [7, 11) is 1.59. The number of esters is 1. The molecule has 0 amide bonds. The maximum absolute atomic E-state index is 12.9. The molecular formula is C24H20O5. The number of benzene rings is 3. The molecule has 29 heavy (non-hydrogen) atoms. The molecule has 0 saturated carbocycles. The van der Waals surface area contributed by atoms with E-state index in [4.69, 9.17) is 14.2 Å². The maximum Gasteiger partial charge on any atom is 0.310 e. The lowest BCUT2D eigenvalue weighted by atomic mass is 9.97. The molecule has 0 radical (unpaired) electrons. The van der Waals surface area contributed by atoms with E-state index in [0.717, 1.165) is 11.1 Å². The highest BCUT2D eigenvalue weighted by molar-refractivity contribution is 6.12. The lowest BCUT2D eigenvalue weighted by Gasteiger charge is -2.09. The zero-order valence-electron chi connectivity index (χ0n) is 16.0. The van der Waals surface area contributed by atoms with Gasteiger partial charge in [-0.2, -0.15) is 0 Å². The zero-order valence-corrected chi connectivity index (χ0v) is 16.0. The van der Waals surface area contributed by atoms with E-state index >= 15 is 0 Å². The van der Waals surface area contributed by atoms with Gasteiger partial charge in [0.2, 0.25) is 0 Å². The molecule has 0 unspecified atom stereocenters. The summed E-state index contributed by atoms with van der Waals surface area (Å²) in [6.45, 7) is 0.507. The molecule has 0 fully saturated rings. The summed E-state index contributed by atoms with van der Waals surface area (Å²) in [6.07, 6.45) is 0.0756. The standard InChI is InChI=1S/C24H20O5/c1-27-19-7-4-5-17(11-19)14-29-23(25)13-16-9-10-22-21(12-16)24(26)20-8-3-2-6-18(20)15-28-22/h2-12H,13-15H2,1H3. The number of methoxy groups -OCH3 is 1. The Labute approximate surface area is 168 Å². The van der Waals surface area contributed by atoms with Crippen molar-refractivity contribution >= 4 is 11.8 Å². The first-order valence-corrected chi connectivity index (χ1v) is 9.31. The van der Waals surface area contributed by atoms with Gasteiger partial charge in [-0.25, -0.2) is 0 Å². The molecule has 3 aromatic carbocycles. The summed E-state index contributed by atoms with van der Waals surface area (Å²) in [4.78, 5) is 25.2. The van der Waals surface area contributed by atoms with Gasteiger partial charge in [-0.1, -0.05) is 42.5 Å². The Hall–Kier alpha value is -3.60. The molecule has 0 saturated heterocycles. The minimum atomic E-state index is -0.366. The first-order chi connectivity index (χ1) is 14.1. The molecule has 0 spiro atoms. The average Bonchev–Trinajstić information content (AvgIpc) is 2.89. The number of rotatable bonds is 5. The second kappa shape index (κ2) is 8.19. The second-order valence-corrected chi connectivity index (χ2v) is 6.79. The largest absolute Gasteiger partial charge is 0.497 e. The number of hydrogen-bond acceptors (Lipinski definition) is 5. The predicted molar refractivity (Wildman–Crippen MR) is 107 cm³/mol. The normalized spacial score (nSPS) is 12.2. The summed E-state index contributed by atoms with van der Waals surface area (Å²) >= 11 is 0. The molecule has 0 N–H and O–H groups in total. The highest BCUT2D eigenvalue weighted by Gasteiger charge is 2.22.